The summed E-state index contributed by atoms with van der Waals surface area (Å²) in [4.78, 5) is 12.6. The van der Waals surface area contributed by atoms with Crippen LogP contribution in [0.5, 0.6) is 0 Å². The summed E-state index contributed by atoms with van der Waals surface area (Å²) < 4.78 is 34.7. The molecule has 0 bridgehead atoms. The van der Waals surface area contributed by atoms with Gasteiger partial charge in [-0.1, -0.05) is 15.9 Å². The first-order chi connectivity index (χ1) is 12.4. The number of benzene rings is 1. The lowest BCUT2D eigenvalue weighted by molar-refractivity contribution is -0.120. The number of aryl methyl sites for hydroxylation is 1. The predicted molar refractivity (Wildman–Crippen MR) is 103 cm³/mol. The van der Waals surface area contributed by atoms with Gasteiger partial charge < -0.3 is 10.1 Å². The summed E-state index contributed by atoms with van der Waals surface area (Å²) >= 11 is 3.44. The van der Waals surface area contributed by atoms with Crippen LogP contribution in [0.3, 0.4) is 0 Å². The third kappa shape index (κ3) is 4.45. The zero-order valence-corrected chi connectivity index (χ0v) is 17.2. The van der Waals surface area contributed by atoms with E-state index in [4.69, 9.17) is 4.74 Å². The Hall–Kier alpha value is -1.00. The minimum atomic E-state index is -3.54. The van der Waals surface area contributed by atoms with Gasteiger partial charge in [-0.15, -0.1) is 0 Å². The van der Waals surface area contributed by atoms with Crippen molar-refractivity contribution in [3.05, 3.63) is 28.2 Å². The maximum atomic E-state index is 12.8. The number of morpholine rings is 1. The number of rotatable bonds is 4. The molecule has 1 atom stereocenters. The van der Waals surface area contributed by atoms with Gasteiger partial charge in [0.1, 0.15) is 0 Å². The molecule has 1 aromatic carbocycles. The summed E-state index contributed by atoms with van der Waals surface area (Å²) in [5, 5.41) is 2.92. The molecule has 144 valence electrons. The van der Waals surface area contributed by atoms with E-state index in [-0.39, 0.29) is 18.4 Å². The van der Waals surface area contributed by atoms with E-state index in [2.05, 4.69) is 21.2 Å². The lowest BCUT2D eigenvalue weighted by atomic mass is 9.98. The standard InChI is InChI=1S/C17H24BrN3O4S/c1-13-11-15(4-5-16(13)18)19-17(22)14-3-2-6-21(12-14)26(23,24)20-7-9-25-10-8-20/h4-5,11,14H,2-3,6-10,12H2,1H3,(H,19,22)/t14-/m0/s1. The van der Waals surface area contributed by atoms with Crippen LogP contribution in [0.4, 0.5) is 5.69 Å². The Morgan fingerprint density at radius 2 is 1.96 bits per heavy atom. The number of carbonyl (C=O) groups is 1. The van der Waals surface area contributed by atoms with Crippen molar-refractivity contribution < 1.29 is 17.9 Å². The molecule has 3 rings (SSSR count). The van der Waals surface area contributed by atoms with Crippen LogP contribution in [-0.4, -0.2) is 62.3 Å². The highest BCUT2D eigenvalue weighted by atomic mass is 79.9. The molecule has 0 aliphatic carbocycles. The van der Waals surface area contributed by atoms with E-state index in [1.165, 1.54) is 8.61 Å². The number of ether oxygens (including phenoxy) is 1. The highest BCUT2D eigenvalue weighted by Gasteiger charge is 2.36. The van der Waals surface area contributed by atoms with Gasteiger partial charge in [0.15, 0.2) is 0 Å². The fraction of sp³-hybridized carbons (Fsp3) is 0.588. The second kappa shape index (κ2) is 8.35. The highest BCUT2D eigenvalue weighted by molar-refractivity contribution is 9.10. The fourth-order valence-corrected chi connectivity index (χ4v) is 5.19. The third-order valence-electron chi connectivity index (χ3n) is 4.80. The minimum Gasteiger partial charge on any atom is -0.379 e. The van der Waals surface area contributed by atoms with Crippen molar-refractivity contribution in [3.63, 3.8) is 0 Å². The molecular weight excluding hydrogens is 422 g/mol. The van der Waals surface area contributed by atoms with Crippen LogP contribution in [0.2, 0.25) is 0 Å². The van der Waals surface area contributed by atoms with E-state index in [0.717, 1.165) is 15.7 Å². The monoisotopic (exact) mass is 445 g/mol. The van der Waals surface area contributed by atoms with Crippen LogP contribution in [-0.2, 0) is 19.7 Å². The van der Waals surface area contributed by atoms with Crippen LogP contribution >= 0.6 is 15.9 Å². The highest BCUT2D eigenvalue weighted by Crippen LogP contribution is 2.24. The first kappa shape index (κ1) is 19.8. The van der Waals surface area contributed by atoms with E-state index in [1.807, 2.05) is 25.1 Å². The summed E-state index contributed by atoms with van der Waals surface area (Å²) in [6.07, 6.45) is 1.37. The van der Waals surface area contributed by atoms with Gasteiger partial charge >= 0.3 is 0 Å². The Balaban J connectivity index is 1.65. The van der Waals surface area contributed by atoms with E-state index in [9.17, 15) is 13.2 Å². The summed E-state index contributed by atoms with van der Waals surface area (Å²) in [6, 6.07) is 5.62. The van der Waals surface area contributed by atoms with Crippen molar-refractivity contribution in [2.45, 2.75) is 19.8 Å². The van der Waals surface area contributed by atoms with E-state index in [1.54, 1.807) is 0 Å². The first-order valence-electron chi connectivity index (χ1n) is 8.78. The summed E-state index contributed by atoms with van der Waals surface area (Å²) in [6.45, 7) is 4.21. The van der Waals surface area contributed by atoms with Gasteiger partial charge in [-0.3, -0.25) is 4.79 Å². The molecule has 2 aliphatic rings. The number of piperidine rings is 1. The Labute approximate surface area is 163 Å². The molecule has 7 nitrogen and oxygen atoms in total. The smallest absolute Gasteiger partial charge is 0.282 e. The van der Waals surface area contributed by atoms with Gasteiger partial charge in [0.05, 0.1) is 19.1 Å². The maximum absolute atomic E-state index is 12.8. The molecular formula is C17H24BrN3O4S. The number of hydrogen-bond acceptors (Lipinski definition) is 4. The Morgan fingerprint density at radius 3 is 2.65 bits per heavy atom. The van der Waals surface area contributed by atoms with E-state index >= 15 is 0 Å². The average Bonchev–Trinajstić information content (AvgIpc) is 2.65. The van der Waals surface area contributed by atoms with Crippen LogP contribution < -0.4 is 5.32 Å². The molecule has 1 amide bonds. The SMILES string of the molecule is Cc1cc(NC(=O)[C@H]2CCCN(S(=O)(=O)N3CCOCC3)C2)ccc1Br. The Kier molecular flexibility index (Phi) is 6.34. The zero-order chi connectivity index (χ0) is 18.7. The van der Waals surface area contributed by atoms with Gasteiger partial charge in [0.2, 0.25) is 5.91 Å². The normalized spacial score (nSPS) is 22.9. The van der Waals surface area contributed by atoms with Crippen molar-refractivity contribution in [2.24, 2.45) is 5.92 Å². The largest absolute Gasteiger partial charge is 0.379 e. The molecule has 2 heterocycles. The molecule has 1 N–H and O–H groups in total. The molecule has 26 heavy (non-hydrogen) atoms. The summed E-state index contributed by atoms with van der Waals surface area (Å²) in [5.74, 6) is -0.475. The lowest BCUT2D eigenvalue weighted by Gasteiger charge is -2.36. The van der Waals surface area contributed by atoms with Crippen LogP contribution in [0.25, 0.3) is 0 Å². The summed E-state index contributed by atoms with van der Waals surface area (Å²) in [7, 11) is -3.54. The molecule has 1 aromatic rings. The summed E-state index contributed by atoms with van der Waals surface area (Å²) in [5.41, 5.74) is 1.76. The van der Waals surface area contributed by atoms with Gasteiger partial charge in [-0.25, -0.2) is 0 Å². The van der Waals surface area contributed by atoms with Crippen molar-refractivity contribution in [1.29, 1.82) is 0 Å². The second-order valence-electron chi connectivity index (χ2n) is 6.67. The molecule has 2 aliphatic heterocycles. The molecule has 0 unspecified atom stereocenters. The Morgan fingerprint density at radius 1 is 1.23 bits per heavy atom. The lowest BCUT2D eigenvalue weighted by Crippen LogP contribution is -2.52. The van der Waals surface area contributed by atoms with Gasteiger partial charge in [-0.05, 0) is 43.5 Å². The van der Waals surface area contributed by atoms with Crippen LogP contribution in [0, 0.1) is 12.8 Å². The van der Waals surface area contributed by atoms with Crippen LogP contribution in [0.15, 0.2) is 22.7 Å². The predicted octanol–water partition coefficient (Wildman–Crippen LogP) is 1.99. The van der Waals surface area contributed by atoms with Crippen molar-refractivity contribution >= 4 is 37.7 Å². The molecule has 9 heteroatoms. The van der Waals surface area contributed by atoms with Crippen molar-refractivity contribution in [2.75, 3.05) is 44.7 Å². The van der Waals surface area contributed by atoms with Crippen LogP contribution in [0.1, 0.15) is 18.4 Å². The number of amides is 1. The molecule has 2 saturated heterocycles. The van der Waals surface area contributed by atoms with Gasteiger partial charge in [0, 0.05) is 36.3 Å². The molecule has 0 spiro atoms. The average molecular weight is 446 g/mol. The minimum absolute atomic E-state index is 0.131. The van der Waals surface area contributed by atoms with Crippen molar-refractivity contribution in [3.8, 4) is 0 Å². The number of nitrogens with zero attached hydrogens (tertiary/aromatic N) is 2. The number of halogens is 1. The van der Waals surface area contributed by atoms with Gasteiger partial charge in [-0.2, -0.15) is 17.0 Å². The number of carbonyl (C=O) groups excluding carboxylic acids is 1. The topological polar surface area (TPSA) is 79.0 Å². The number of nitrogens with one attached hydrogen (secondary N) is 1. The maximum Gasteiger partial charge on any atom is 0.282 e. The van der Waals surface area contributed by atoms with E-state index in [0.29, 0.717) is 45.7 Å². The molecule has 0 saturated carbocycles. The molecule has 2 fully saturated rings. The third-order valence-corrected chi connectivity index (χ3v) is 7.69. The van der Waals surface area contributed by atoms with Crippen molar-refractivity contribution in [1.82, 2.24) is 8.61 Å². The molecule has 0 aromatic heterocycles. The fourth-order valence-electron chi connectivity index (χ4n) is 3.27. The van der Waals surface area contributed by atoms with Gasteiger partial charge in [0.25, 0.3) is 10.2 Å². The quantitative estimate of drug-likeness (QED) is 0.768. The number of hydrogen-bond donors (Lipinski definition) is 1. The second-order valence-corrected chi connectivity index (χ2v) is 9.45. The van der Waals surface area contributed by atoms with E-state index < -0.39 is 10.2 Å². The Bertz CT molecular complexity index is 765. The number of anilines is 1. The first-order valence-corrected chi connectivity index (χ1v) is 11.0. The molecule has 0 radical (unpaired) electrons. The zero-order valence-electron chi connectivity index (χ0n) is 14.8.